The third-order valence-corrected chi connectivity index (χ3v) is 11.7. The molecule has 0 spiro atoms. The molecular formula is C49H34N2S. The molecule has 0 fully saturated rings. The molecule has 52 heavy (non-hydrogen) atoms. The van der Waals surface area contributed by atoms with E-state index in [1.807, 2.05) is 23.5 Å². The second-order valence-electron chi connectivity index (χ2n) is 13.4. The van der Waals surface area contributed by atoms with Crippen LogP contribution >= 0.6 is 11.3 Å². The van der Waals surface area contributed by atoms with E-state index in [0.717, 1.165) is 11.4 Å². The Balaban J connectivity index is 1.09. The largest absolute Gasteiger partial charge is 0.310 e. The molecule has 2 nitrogen and oxygen atoms in total. The molecule has 0 unspecified atom stereocenters. The summed E-state index contributed by atoms with van der Waals surface area (Å²) in [5, 5.41) is 6.42. The molecule has 0 radical (unpaired) electrons. The van der Waals surface area contributed by atoms with Gasteiger partial charge in [0.2, 0.25) is 0 Å². The predicted molar refractivity (Wildman–Crippen MR) is 225 cm³/mol. The molecule has 0 aliphatic heterocycles. The summed E-state index contributed by atoms with van der Waals surface area (Å²) in [6.07, 6.45) is 6.01. The number of rotatable bonds is 6. The van der Waals surface area contributed by atoms with Gasteiger partial charge in [0, 0.05) is 53.4 Å². The van der Waals surface area contributed by atoms with E-state index in [4.69, 9.17) is 0 Å². The van der Waals surface area contributed by atoms with Crippen LogP contribution in [0, 0.1) is 6.92 Å². The normalized spacial score (nSPS) is 11.9. The molecule has 3 heterocycles. The number of aryl methyl sites for hydroxylation is 1. The Labute approximate surface area is 306 Å². The lowest BCUT2D eigenvalue weighted by atomic mass is 10.0. The van der Waals surface area contributed by atoms with Crippen LogP contribution in [0.5, 0.6) is 0 Å². The second-order valence-corrected chi connectivity index (χ2v) is 14.5. The highest BCUT2D eigenvalue weighted by Gasteiger charge is 2.17. The number of hydrogen-bond acceptors (Lipinski definition) is 1. The number of nitrogens with zero attached hydrogens (tertiary/aromatic N) is 2. The number of allylic oxidation sites excluding steroid dienone is 2. The first-order valence-corrected chi connectivity index (χ1v) is 18.5. The van der Waals surface area contributed by atoms with E-state index in [1.54, 1.807) is 0 Å². The molecule has 3 aromatic heterocycles. The third-order valence-electron chi connectivity index (χ3n) is 10.5. The molecule has 0 aliphatic carbocycles. The number of hydrogen-bond donors (Lipinski definition) is 0. The van der Waals surface area contributed by atoms with Gasteiger partial charge in [-0.25, -0.2) is 0 Å². The highest BCUT2D eigenvalue weighted by atomic mass is 32.1. The number of fused-ring (bicyclic) bond motifs is 7. The molecule has 246 valence electrons. The molecule has 3 heteroatoms. The highest BCUT2D eigenvalue weighted by Crippen LogP contribution is 2.42. The second kappa shape index (κ2) is 12.1. The van der Waals surface area contributed by atoms with Gasteiger partial charge < -0.3 is 9.13 Å². The average molecular weight is 683 g/mol. The van der Waals surface area contributed by atoms with Crippen LogP contribution in [0.15, 0.2) is 176 Å². The maximum Gasteiger partial charge on any atom is 0.0547 e. The van der Waals surface area contributed by atoms with Gasteiger partial charge in [0.1, 0.15) is 0 Å². The lowest BCUT2D eigenvalue weighted by molar-refractivity contribution is 1.10. The van der Waals surface area contributed by atoms with Gasteiger partial charge in [-0.15, -0.1) is 11.3 Å². The van der Waals surface area contributed by atoms with E-state index < -0.39 is 0 Å². The van der Waals surface area contributed by atoms with Crippen LogP contribution in [0.1, 0.15) is 11.3 Å². The summed E-state index contributed by atoms with van der Waals surface area (Å²) in [5.41, 5.74) is 13.2. The summed E-state index contributed by atoms with van der Waals surface area (Å²) in [6.45, 7) is 6.13. The first-order valence-electron chi connectivity index (χ1n) is 17.7. The summed E-state index contributed by atoms with van der Waals surface area (Å²) >= 11 is 1.88. The number of aromatic nitrogens is 2. The Morgan fingerprint density at radius 1 is 0.500 bits per heavy atom. The van der Waals surface area contributed by atoms with Crippen LogP contribution in [-0.4, -0.2) is 9.13 Å². The molecule has 0 amide bonds. The van der Waals surface area contributed by atoms with Crippen molar-refractivity contribution in [1.82, 2.24) is 9.13 Å². The molecule has 0 aliphatic rings. The SMILES string of the molecule is C=C/C=C\c1c(C)c2cc(-c3ccc(-n4c5ccccc5c5ccc(-c6cccc7c6sc6ccccc67)cc54)cc3)ccc2n1-c1ccccc1. The Hall–Kier alpha value is -6.42. The molecule has 0 bridgehead atoms. The minimum absolute atomic E-state index is 1.15. The van der Waals surface area contributed by atoms with Crippen LogP contribution in [-0.2, 0) is 0 Å². The standard InChI is InChI=1S/C49H34N2S/c1-3-4-19-44-32(2)43-30-34(25-29-46(43)50(44)36-13-6-5-7-14-36)33-22-26-37(27-23-33)51-45-20-10-8-15-39(45)40-28-24-35(31-47(40)51)38-17-12-18-42-41-16-9-11-21-48(41)52-49(38)42/h3-31H,1H2,2H3/b19-4-. The quantitative estimate of drug-likeness (QED) is 0.155. The van der Waals surface area contributed by atoms with E-state index in [1.165, 1.54) is 86.4 Å². The molecule has 0 saturated carbocycles. The van der Waals surface area contributed by atoms with E-state index in [9.17, 15) is 0 Å². The molecule has 0 saturated heterocycles. The van der Waals surface area contributed by atoms with Crippen molar-refractivity contribution in [2.45, 2.75) is 6.92 Å². The zero-order valence-corrected chi connectivity index (χ0v) is 29.6. The third kappa shape index (κ3) is 4.71. The van der Waals surface area contributed by atoms with Gasteiger partial charge in [-0.05, 0) is 95.4 Å². The van der Waals surface area contributed by atoms with Crippen molar-refractivity contribution in [3.63, 3.8) is 0 Å². The zero-order valence-electron chi connectivity index (χ0n) is 28.8. The fourth-order valence-corrected chi connectivity index (χ4v) is 9.29. The predicted octanol–water partition coefficient (Wildman–Crippen LogP) is 13.9. The Bertz CT molecular complexity index is 3020. The average Bonchev–Trinajstić information content (AvgIpc) is 3.84. The molecule has 0 N–H and O–H groups in total. The minimum atomic E-state index is 1.15. The number of para-hydroxylation sites is 2. The van der Waals surface area contributed by atoms with Gasteiger partial charge in [-0.2, -0.15) is 0 Å². The van der Waals surface area contributed by atoms with Gasteiger partial charge in [-0.3, -0.25) is 0 Å². The monoisotopic (exact) mass is 682 g/mol. The Morgan fingerprint density at radius 3 is 2.02 bits per heavy atom. The maximum atomic E-state index is 3.91. The van der Waals surface area contributed by atoms with Crippen molar-refractivity contribution in [2.75, 3.05) is 0 Å². The maximum absolute atomic E-state index is 3.91. The molecule has 7 aromatic carbocycles. The fourth-order valence-electron chi connectivity index (χ4n) is 8.05. The molecule has 10 aromatic rings. The topological polar surface area (TPSA) is 9.86 Å². The fraction of sp³-hybridized carbons (Fsp3) is 0.0204. The number of thiophene rings is 1. The van der Waals surface area contributed by atoms with Crippen LogP contribution in [0.2, 0.25) is 0 Å². The van der Waals surface area contributed by atoms with E-state index >= 15 is 0 Å². The van der Waals surface area contributed by atoms with Crippen molar-refractivity contribution in [3.05, 3.63) is 188 Å². The lowest BCUT2D eigenvalue weighted by Gasteiger charge is -2.11. The lowest BCUT2D eigenvalue weighted by Crippen LogP contribution is -1.96. The van der Waals surface area contributed by atoms with Gasteiger partial charge in [0.15, 0.2) is 0 Å². The van der Waals surface area contributed by atoms with Crippen molar-refractivity contribution in [1.29, 1.82) is 0 Å². The summed E-state index contributed by atoms with van der Waals surface area (Å²) < 4.78 is 7.43. The zero-order chi connectivity index (χ0) is 34.8. The molecular weight excluding hydrogens is 649 g/mol. The summed E-state index contributed by atoms with van der Waals surface area (Å²) in [7, 11) is 0. The highest BCUT2D eigenvalue weighted by molar-refractivity contribution is 7.26. The smallest absolute Gasteiger partial charge is 0.0547 e. The van der Waals surface area contributed by atoms with Crippen molar-refractivity contribution < 1.29 is 0 Å². The van der Waals surface area contributed by atoms with Crippen molar-refractivity contribution >= 4 is 70.3 Å². The van der Waals surface area contributed by atoms with Gasteiger partial charge in [0.05, 0.1) is 16.6 Å². The molecule has 10 rings (SSSR count). The van der Waals surface area contributed by atoms with Crippen LogP contribution in [0.25, 0.3) is 92.6 Å². The van der Waals surface area contributed by atoms with E-state index in [2.05, 4.69) is 186 Å². The van der Waals surface area contributed by atoms with E-state index in [-0.39, 0.29) is 0 Å². The summed E-state index contributed by atoms with van der Waals surface area (Å²) in [5.74, 6) is 0. The van der Waals surface area contributed by atoms with Crippen LogP contribution < -0.4 is 0 Å². The Morgan fingerprint density at radius 2 is 1.17 bits per heavy atom. The van der Waals surface area contributed by atoms with E-state index in [0.29, 0.717) is 0 Å². The summed E-state index contributed by atoms with van der Waals surface area (Å²) in [4.78, 5) is 0. The van der Waals surface area contributed by atoms with Gasteiger partial charge in [-0.1, -0.05) is 122 Å². The number of benzene rings is 7. The van der Waals surface area contributed by atoms with Crippen LogP contribution in [0.3, 0.4) is 0 Å². The van der Waals surface area contributed by atoms with Gasteiger partial charge in [0.25, 0.3) is 0 Å². The molecule has 0 atom stereocenters. The van der Waals surface area contributed by atoms with Crippen molar-refractivity contribution in [2.24, 2.45) is 0 Å². The Kier molecular flexibility index (Phi) is 7.09. The first-order chi connectivity index (χ1) is 25.7. The van der Waals surface area contributed by atoms with Crippen LogP contribution in [0.4, 0.5) is 0 Å². The first kappa shape index (κ1) is 30.4. The minimum Gasteiger partial charge on any atom is -0.310 e. The van der Waals surface area contributed by atoms with Gasteiger partial charge >= 0.3 is 0 Å². The van der Waals surface area contributed by atoms with Crippen molar-refractivity contribution in [3.8, 4) is 33.6 Å². The summed E-state index contributed by atoms with van der Waals surface area (Å²) in [6, 6.07) is 57.7.